The van der Waals surface area contributed by atoms with Gasteiger partial charge >= 0.3 is 0 Å². The van der Waals surface area contributed by atoms with Crippen molar-refractivity contribution in [2.24, 2.45) is 11.3 Å². The Morgan fingerprint density at radius 1 is 1.47 bits per heavy atom. The van der Waals surface area contributed by atoms with E-state index in [-0.39, 0.29) is 0 Å². The van der Waals surface area contributed by atoms with E-state index in [0.717, 1.165) is 19.1 Å². The zero-order valence-corrected chi connectivity index (χ0v) is 10.2. The van der Waals surface area contributed by atoms with Crippen molar-refractivity contribution in [1.82, 2.24) is 5.32 Å². The van der Waals surface area contributed by atoms with Crippen LogP contribution in [0.25, 0.3) is 0 Å². The average Bonchev–Trinajstić information content (AvgIpc) is 2.69. The zero-order valence-electron chi connectivity index (χ0n) is 10.2. The molecule has 0 bridgehead atoms. The molecule has 2 heteroatoms. The summed E-state index contributed by atoms with van der Waals surface area (Å²) in [5.41, 5.74) is 0.604. The molecule has 2 atom stereocenters. The van der Waals surface area contributed by atoms with Gasteiger partial charge in [-0.15, -0.1) is 0 Å². The summed E-state index contributed by atoms with van der Waals surface area (Å²) >= 11 is 0. The Kier molecular flexibility index (Phi) is 3.68. The van der Waals surface area contributed by atoms with Crippen molar-refractivity contribution >= 4 is 0 Å². The summed E-state index contributed by atoms with van der Waals surface area (Å²) in [5.74, 6) is 0.763. The lowest BCUT2D eigenvalue weighted by Gasteiger charge is -2.40. The Bertz CT molecular complexity index is 195. The monoisotopic (exact) mass is 211 g/mol. The highest BCUT2D eigenvalue weighted by atomic mass is 16.5. The predicted molar refractivity (Wildman–Crippen MR) is 63.0 cm³/mol. The number of ether oxygens (including phenoxy) is 1. The molecule has 0 radical (unpaired) electrons. The number of hydrogen-bond donors (Lipinski definition) is 1. The van der Waals surface area contributed by atoms with E-state index in [4.69, 9.17) is 4.74 Å². The molecule has 15 heavy (non-hydrogen) atoms. The molecule has 88 valence electrons. The van der Waals surface area contributed by atoms with Crippen LogP contribution in [0.15, 0.2) is 0 Å². The van der Waals surface area contributed by atoms with E-state index in [9.17, 15) is 0 Å². The molecule has 2 unspecified atom stereocenters. The highest BCUT2D eigenvalue weighted by molar-refractivity contribution is 4.88. The summed E-state index contributed by atoms with van der Waals surface area (Å²) in [6.45, 7) is 7.87. The van der Waals surface area contributed by atoms with Gasteiger partial charge < -0.3 is 10.1 Å². The first-order chi connectivity index (χ1) is 7.23. The van der Waals surface area contributed by atoms with Crippen molar-refractivity contribution in [3.05, 3.63) is 0 Å². The predicted octanol–water partition coefficient (Wildman–Crippen LogP) is 2.58. The fourth-order valence-electron chi connectivity index (χ4n) is 2.85. The van der Waals surface area contributed by atoms with Gasteiger partial charge in [0.25, 0.3) is 0 Å². The van der Waals surface area contributed by atoms with Gasteiger partial charge in [-0.1, -0.05) is 20.3 Å². The molecule has 1 aliphatic carbocycles. The van der Waals surface area contributed by atoms with Gasteiger partial charge in [0.15, 0.2) is 0 Å². The second-order valence-corrected chi connectivity index (χ2v) is 5.68. The standard InChI is InChI=1S/C13H25NO/c1-3-12(11-5-8-15-9-11)14-10-13(2)6-4-7-13/h11-12,14H,3-10H2,1-2H3. The van der Waals surface area contributed by atoms with Crippen molar-refractivity contribution in [3.8, 4) is 0 Å². The van der Waals surface area contributed by atoms with Crippen LogP contribution in [0, 0.1) is 11.3 Å². The van der Waals surface area contributed by atoms with Crippen LogP contribution in [0.3, 0.4) is 0 Å². The number of hydrogen-bond acceptors (Lipinski definition) is 2. The van der Waals surface area contributed by atoms with Crippen molar-refractivity contribution in [2.45, 2.75) is 52.0 Å². The summed E-state index contributed by atoms with van der Waals surface area (Å²) in [7, 11) is 0. The molecule has 2 aliphatic rings. The minimum Gasteiger partial charge on any atom is -0.381 e. The minimum atomic E-state index is 0.604. The van der Waals surface area contributed by atoms with Crippen LogP contribution in [0.2, 0.25) is 0 Å². The van der Waals surface area contributed by atoms with Crippen LogP contribution >= 0.6 is 0 Å². The molecule has 0 spiro atoms. The van der Waals surface area contributed by atoms with Crippen LogP contribution < -0.4 is 5.32 Å². The quantitative estimate of drug-likeness (QED) is 0.754. The normalized spacial score (nSPS) is 31.2. The first kappa shape index (κ1) is 11.4. The summed E-state index contributed by atoms with van der Waals surface area (Å²) < 4.78 is 5.47. The Balaban J connectivity index is 1.74. The first-order valence-electron chi connectivity index (χ1n) is 6.55. The second kappa shape index (κ2) is 4.84. The third kappa shape index (κ3) is 2.73. The molecule has 0 aromatic rings. The van der Waals surface area contributed by atoms with E-state index < -0.39 is 0 Å². The molecule has 2 rings (SSSR count). The fraction of sp³-hybridized carbons (Fsp3) is 1.00. The average molecular weight is 211 g/mol. The van der Waals surface area contributed by atoms with Gasteiger partial charge in [-0.25, -0.2) is 0 Å². The van der Waals surface area contributed by atoms with Crippen LogP contribution in [0.5, 0.6) is 0 Å². The van der Waals surface area contributed by atoms with Gasteiger partial charge in [-0.3, -0.25) is 0 Å². The van der Waals surface area contributed by atoms with Gasteiger partial charge in [-0.05, 0) is 37.0 Å². The highest BCUT2D eigenvalue weighted by Crippen LogP contribution is 2.39. The van der Waals surface area contributed by atoms with Gasteiger partial charge in [0.1, 0.15) is 0 Å². The van der Waals surface area contributed by atoms with Gasteiger partial charge in [-0.2, -0.15) is 0 Å². The Labute approximate surface area is 93.8 Å². The Morgan fingerprint density at radius 3 is 2.73 bits per heavy atom. The molecule has 0 aromatic heterocycles. The van der Waals surface area contributed by atoms with Crippen LogP contribution in [0.1, 0.15) is 46.0 Å². The largest absolute Gasteiger partial charge is 0.381 e. The third-order valence-electron chi connectivity index (χ3n) is 4.33. The maximum absolute atomic E-state index is 5.47. The van der Waals surface area contributed by atoms with E-state index in [1.807, 2.05) is 0 Å². The highest BCUT2D eigenvalue weighted by Gasteiger charge is 2.33. The second-order valence-electron chi connectivity index (χ2n) is 5.68. The summed E-state index contributed by atoms with van der Waals surface area (Å²) in [5, 5.41) is 3.77. The van der Waals surface area contributed by atoms with E-state index in [1.165, 1.54) is 38.6 Å². The molecule has 0 amide bonds. The molecule has 1 N–H and O–H groups in total. The van der Waals surface area contributed by atoms with Crippen molar-refractivity contribution < 1.29 is 4.74 Å². The molecule has 1 aliphatic heterocycles. The zero-order chi connectivity index (χ0) is 10.7. The summed E-state index contributed by atoms with van der Waals surface area (Å²) in [4.78, 5) is 0. The minimum absolute atomic E-state index is 0.604. The van der Waals surface area contributed by atoms with E-state index in [1.54, 1.807) is 0 Å². The van der Waals surface area contributed by atoms with E-state index in [2.05, 4.69) is 19.2 Å². The lowest BCUT2D eigenvalue weighted by atomic mass is 9.70. The molecule has 1 saturated carbocycles. The van der Waals surface area contributed by atoms with Gasteiger partial charge in [0.2, 0.25) is 0 Å². The van der Waals surface area contributed by atoms with Crippen LogP contribution in [0.4, 0.5) is 0 Å². The smallest absolute Gasteiger partial charge is 0.0509 e. The molecular weight excluding hydrogens is 186 g/mol. The molecule has 0 aromatic carbocycles. The lowest BCUT2D eigenvalue weighted by Crippen LogP contribution is -2.44. The van der Waals surface area contributed by atoms with E-state index >= 15 is 0 Å². The Morgan fingerprint density at radius 2 is 2.27 bits per heavy atom. The lowest BCUT2D eigenvalue weighted by molar-refractivity contribution is 0.136. The molecule has 1 saturated heterocycles. The van der Waals surface area contributed by atoms with Gasteiger partial charge in [0.05, 0.1) is 6.61 Å². The topological polar surface area (TPSA) is 21.3 Å². The van der Waals surface area contributed by atoms with E-state index in [0.29, 0.717) is 11.5 Å². The number of rotatable bonds is 5. The molecule has 2 fully saturated rings. The van der Waals surface area contributed by atoms with Crippen LogP contribution in [-0.4, -0.2) is 25.8 Å². The maximum Gasteiger partial charge on any atom is 0.0509 e. The molecular formula is C13H25NO. The van der Waals surface area contributed by atoms with Crippen molar-refractivity contribution in [3.63, 3.8) is 0 Å². The van der Waals surface area contributed by atoms with Crippen molar-refractivity contribution in [1.29, 1.82) is 0 Å². The molecule has 1 heterocycles. The third-order valence-corrected chi connectivity index (χ3v) is 4.33. The summed E-state index contributed by atoms with van der Waals surface area (Å²) in [6.07, 6.45) is 6.75. The van der Waals surface area contributed by atoms with Crippen LogP contribution in [-0.2, 0) is 4.74 Å². The van der Waals surface area contributed by atoms with Gasteiger partial charge in [0, 0.05) is 19.2 Å². The molecule has 2 nitrogen and oxygen atoms in total. The number of nitrogens with one attached hydrogen (secondary N) is 1. The Hall–Kier alpha value is -0.0800. The first-order valence-corrected chi connectivity index (χ1v) is 6.55. The SMILES string of the molecule is CCC(NCC1(C)CCC1)C1CCOC1. The fourth-order valence-corrected chi connectivity index (χ4v) is 2.85. The summed E-state index contributed by atoms with van der Waals surface area (Å²) in [6, 6.07) is 0.685. The van der Waals surface area contributed by atoms with Crippen molar-refractivity contribution in [2.75, 3.05) is 19.8 Å². The maximum atomic E-state index is 5.47.